The smallest absolute Gasteiger partial charge is 0.347 e. The van der Waals surface area contributed by atoms with Crippen molar-refractivity contribution in [3.05, 3.63) is 103 Å². The first kappa shape index (κ1) is 33.8. The van der Waals surface area contributed by atoms with Crippen LogP contribution >= 0.6 is 23.2 Å². The van der Waals surface area contributed by atoms with Crippen LogP contribution in [0.25, 0.3) is 21.8 Å². The summed E-state index contributed by atoms with van der Waals surface area (Å²) in [5, 5.41) is 12.7. The lowest BCUT2D eigenvalue weighted by Crippen LogP contribution is -2.59. The summed E-state index contributed by atoms with van der Waals surface area (Å²) in [5.74, 6) is -1.99. The highest BCUT2D eigenvalue weighted by molar-refractivity contribution is 6.53. The van der Waals surface area contributed by atoms with Crippen LogP contribution < -0.4 is 26.4 Å². The number of hydrogen-bond acceptors (Lipinski definition) is 9. The number of aromatic nitrogens is 5. The normalized spacial score (nSPS) is 23.8. The van der Waals surface area contributed by atoms with Gasteiger partial charge in [0.2, 0.25) is 0 Å². The number of alkyl halides is 2. The van der Waals surface area contributed by atoms with Gasteiger partial charge in [0.1, 0.15) is 11.4 Å². The van der Waals surface area contributed by atoms with E-state index in [-0.39, 0.29) is 42.9 Å². The van der Waals surface area contributed by atoms with E-state index < -0.39 is 50.5 Å². The van der Waals surface area contributed by atoms with E-state index in [0.29, 0.717) is 33.5 Å². The molecular weight excluding hydrogens is 715 g/mol. The molecule has 2 amide bonds. The summed E-state index contributed by atoms with van der Waals surface area (Å²) in [4.78, 5) is 70.7. The van der Waals surface area contributed by atoms with E-state index in [1.165, 1.54) is 41.3 Å². The molecule has 1 saturated carbocycles. The van der Waals surface area contributed by atoms with Crippen LogP contribution in [0.15, 0.2) is 74.6 Å². The number of allylic oxidation sites excluding steroid dienone is 2. The summed E-state index contributed by atoms with van der Waals surface area (Å²) in [6.07, 6.45) is 1.36. The first-order chi connectivity index (χ1) is 24.8. The van der Waals surface area contributed by atoms with Gasteiger partial charge in [-0.2, -0.15) is 0 Å². The molecule has 1 saturated heterocycles. The van der Waals surface area contributed by atoms with E-state index >= 15 is 0 Å². The molecule has 2 aromatic heterocycles. The molecule has 3 aliphatic rings. The zero-order valence-electron chi connectivity index (χ0n) is 28.4. The largest absolute Gasteiger partial charge is 0.508 e. The monoisotopic (exact) mass is 746 g/mol. The fourth-order valence-corrected chi connectivity index (χ4v) is 9.22. The van der Waals surface area contributed by atoms with E-state index in [1.807, 2.05) is 12.1 Å². The number of benzene rings is 3. The number of carbonyl (C=O) groups excluding carboxylic acids is 2. The Balaban J connectivity index is 1.25. The van der Waals surface area contributed by atoms with Gasteiger partial charge in [0.15, 0.2) is 21.2 Å². The second-order valence-corrected chi connectivity index (χ2v) is 14.5. The molecule has 1 aliphatic carbocycles. The Morgan fingerprint density at radius 3 is 2.38 bits per heavy atom. The van der Waals surface area contributed by atoms with E-state index in [0.717, 1.165) is 14.9 Å². The number of hydrogen-bond donors (Lipinski definition) is 1. The van der Waals surface area contributed by atoms with Crippen LogP contribution in [0.2, 0.25) is 0 Å². The van der Waals surface area contributed by atoms with Gasteiger partial charge < -0.3 is 19.1 Å². The summed E-state index contributed by atoms with van der Waals surface area (Å²) in [5.41, 5.74) is 0.0406. The van der Waals surface area contributed by atoms with Gasteiger partial charge in [-0.1, -0.05) is 36.4 Å². The van der Waals surface area contributed by atoms with Crippen molar-refractivity contribution in [1.29, 1.82) is 0 Å². The Morgan fingerprint density at radius 1 is 0.942 bits per heavy atom. The molecule has 52 heavy (non-hydrogen) atoms. The van der Waals surface area contributed by atoms with Crippen LogP contribution in [0.3, 0.4) is 0 Å². The molecule has 4 atom stereocenters. The third kappa shape index (κ3) is 4.30. The third-order valence-electron chi connectivity index (χ3n) is 10.8. The molecule has 14 nitrogen and oxygen atoms in total. The van der Waals surface area contributed by atoms with Crippen molar-refractivity contribution in [2.45, 2.75) is 47.6 Å². The third-order valence-corrected chi connectivity index (χ3v) is 12.2. The summed E-state index contributed by atoms with van der Waals surface area (Å²) >= 11 is 14.6. The van der Waals surface area contributed by atoms with Crippen LogP contribution in [-0.4, -0.2) is 76.3 Å². The molecular formula is C36H32Cl2N6O8. The highest BCUT2D eigenvalue weighted by atomic mass is 35.5. The maximum Gasteiger partial charge on any atom is 0.347 e. The molecule has 16 heteroatoms. The highest BCUT2D eigenvalue weighted by Gasteiger charge is 2.75. The van der Waals surface area contributed by atoms with Crippen molar-refractivity contribution in [2.24, 2.45) is 7.05 Å². The van der Waals surface area contributed by atoms with Crippen molar-refractivity contribution in [3.8, 4) is 17.2 Å². The Hall–Kier alpha value is -5.34. The number of phenols is 1. The summed E-state index contributed by atoms with van der Waals surface area (Å²) in [6, 6.07) is 12.7. The minimum Gasteiger partial charge on any atom is -0.508 e. The van der Waals surface area contributed by atoms with Crippen molar-refractivity contribution in [1.82, 2.24) is 28.4 Å². The fourth-order valence-electron chi connectivity index (χ4n) is 8.24. The van der Waals surface area contributed by atoms with Gasteiger partial charge in [-0.15, -0.1) is 23.2 Å². The van der Waals surface area contributed by atoms with Crippen LogP contribution in [-0.2, 0) is 36.1 Å². The van der Waals surface area contributed by atoms with Crippen molar-refractivity contribution in [3.63, 3.8) is 0 Å². The lowest BCUT2D eigenvalue weighted by Gasteiger charge is -2.49. The fraction of sp³-hybridized carbons (Fsp3) is 0.333. The summed E-state index contributed by atoms with van der Waals surface area (Å²) in [7, 11) is 5.86. The molecule has 0 spiro atoms. The Kier molecular flexibility index (Phi) is 7.53. The first-order valence-corrected chi connectivity index (χ1v) is 17.2. The van der Waals surface area contributed by atoms with Crippen LogP contribution in [0, 0.1) is 0 Å². The Labute approximate surface area is 304 Å². The first-order valence-electron chi connectivity index (χ1n) is 16.4. The zero-order chi connectivity index (χ0) is 37.0. The van der Waals surface area contributed by atoms with Crippen molar-refractivity contribution in [2.75, 3.05) is 21.3 Å². The van der Waals surface area contributed by atoms with Crippen LogP contribution in [0.1, 0.15) is 29.6 Å². The second kappa shape index (κ2) is 11.6. The number of halogens is 2. The number of amides is 2. The molecule has 4 unspecified atom stereocenters. The Bertz CT molecular complexity index is 2620. The van der Waals surface area contributed by atoms with Crippen molar-refractivity contribution < 1.29 is 24.2 Å². The molecule has 3 aromatic carbocycles. The van der Waals surface area contributed by atoms with Crippen LogP contribution in [0.5, 0.6) is 17.2 Å². The van der Waals surface area contributed by atoms with Gasteiger partial charge in [-0.3, -0.25) is 19.3 Å². The lowest BCUT2D eigenvalue weighted by molar-refractivity contribution is -0.137. The Morgan fingerprint density at radius 2 is 1.65 bits per heavy atom. The molecule has 0 radical (unpaired) electrons. The number of phenolic OH excluding ortho intramolecular Hbond substituents is 1. The second-order valence-electron chi connectivity index (χ2n) is 13.3. The molecule has 4 heterocycles. The number of fused-ring (bicyclic) bond motifs is 6. The van der Waals surface area contributed by atoms with E-state index in [9.17, 15) is 29.1 Å². The predicted molar refractivity (Wildman–Crippen MR) is 192 cm³/mol. The van der Waals surface area contributed by atoms with Gasteiger partial charge in [0.05, 0.1) is 37.8 Å². The maximum absolute atomic E-state index is 14.3. The topological polar surface area (TPSA) is 160 Å². The maximum atomic E-state index is 14.3. The average molecular weight is 748 g/mol. The number of aromatic hydroxyl groups is 1. The van der Waals surface area contributed by atoms with E-state index in [2.05, 4.69) is 4.98 Å². The average Bonchev–Trinajstić information content (AvgIpc) is 3.46. The van der Waals surface area contributed by atoms with E-state index in [4.69, 9.17) is 32.7 Å². The number of likely N-dealkylation sites (tertiary alicyclic amines) is 1. The molecule has 8 rings (SSSR count). The van der Waals surface area contributed by atoms with Gasteiger partial charge in [-0.05, 0) is 22.4 Å². The summed E-state index contributed by atoms with van der Waals surface area (Å²) < 4.78 is 15.7. The molecule has 2 aliphatic heterocycles. The number of nitrogens with zero attached hydrogens (tertiary/aromatic N) is 6. The number of rotatable bonds is 6. The molecule has 268 valence electrons. The van der Waals surface area contributed by atoms with Gasteiger partial charge in [0, 0.05) is 57.1 Å². The van der Waals surface area contributed by atoms with Gasteiger partial charge in [-0.25, -0.2) is 28.5 Å². The van der Waals surface area contributed by atoms with Gasteiger partial charge >= 0.3 is 11.4 Å². The molecule has 2 fully saturated rings. The number of ether oxygens (including phenoxy) is 2. The minimum absolute atomic E-state index is 0.0599. The number of carbonyl (C=O) groups is 2. The lowest BCUT2D eigenvalue weighted by atomic mass is 9.63. The molecule has 5 aromatic rings. The SMILES string of the molecule is COc1cc2nc(CCn3c(=O)n4n(c3=O)C3CC5(Cl)C(=O)N(C)C(=O)C5(Cl)C(c5c(O)ccc6ccccc56)C3=CC4)c(=O)n(C)c2cc1OC. The standard InChI is InChI=1S/C36H32Cl2N6O8/c1-40-23-16-27(52-4)26(51-3)15-22(23)39-21(30(40)46)12-13-42-33(49)43-14-11-20-24(44(43)34(42)50)17-35(37)31(47)41(2)32(48)36(35,38)29(20)28-19-8-6-5-7-18(19)9-10-25(28)45/h5-11,15-16,24,29,45H,12-14,17H2,1-4H3. The summed E-state index contributed by atoms with van der Waals surface area (Å²) in [6.45, 7) is -0.264. The zero-order valence-corrected chi connectivity index (χ0v) is 29.9. The number of imide groups is 1. The quantitative estimate of drug-likeness (QED) is 0.157. The minimum atomic E-state index is -2.08. The number of aryl methyl sites for hydroxylation is 2. The van der Waals surface area contributed by atoms with Crippen molar-refractivity contribution >= 4 is 56.8 Å². The van der Waals surface area contributed by atoms with E-state index in [1.54, 1.807) is 43.5 Å². The highest BCUT2D eigenvalue weighted by Crippen LogP contribution is 2.64. The van der Waals surface area contributed by atoms with Gasteiger partial charge in [0.25, 0.3) is 17.4 Å². The molecule has 1 N–H and O–H groups in total. The van der Waals surface area contributed by atoms with Crippen LogP contribution in [0.4, 0.5) is 0 Å². The predicted octanol–water partition coefficient (Wildman–Crippen LogP) is 2.80. The molecule has 0 bridgehead atoms. The number of methoxy groups -OCH3 is 2.